The highest BCUT2D eigenvalue weighted by Crippen LogP contribution is 2.23. The van der Waals surface area contributed by atoms with Gasteiger partial charge in [-0.05, 0) is 49.2 Å². The lowest BCUT2D eigenvalue weighted by Crippen LogP contribution is -2.25. The van der Waals surface area contributed by atoms with Crippen LogP contribution < -0.4 is 15.8 Å². The molecule has 2 aromatic carbocycles. The van der Waals surface area contributed by atoms with Gasteiger partial charge in [0.25, 0.3) is 11.8 Å². The van der Waals surface area contributed by atoms with Crippen molar-refractivity contribution in [2.45, 2.75) is 23.8 Å². The van der Waals surface area contributed by atoms with Gasteiger partial charge in [0, 0.05) is 22.9 Å². The van der Waals surface area contributed by atoms with E-state index >= 15 is 0 Å². The van der Waals surface area contributed by atoms with Gasteiger partial charge in [0.1, 0.15) is 4.90 Å². The first-order valence-electron chi connectivity index (χ1n) is 7.78. The summed E-state index contributed by atoms with van der Waals surface area (Å²) in [4.78, 5) is 24.1. The van der Waals surface area contributed by atoms with Crippen LogP contribution >= 0.6 is 11.6 Å². The van der Waals surface area contributed by atoms with Crippen LogP contribution in [0.5, 0.6) is 0 Å². The largest absolute Gasteiger partial charge is 0.349 e. The zero-order chi connectivity index (χ0) is 18.9. The van der Waals surface area contributed by atoms with Gasteiger partial charge in [0.2, 0.25) is 10.0 Å². The van der Waals surface area contributed by atoms with Crippen LogP contribution in [0.15, 0.2) is 47.4 Å². The van der Waals surface area contributed by atoms with Crippen LogP contribution in [-0.2, 0) is 10.0 Å². The topological polar surface area (TPSA) is 118 Å². The van der Waals surface area contributed by atoms with E-state index in [1.54, 1.807) is 24.3 Å². The Labute approximate surface area is 155 Å². The molecule has 26 heavy (non-hydrogen) atoms. The molecule has 9 heteroatoms. The molecular formula is C17H16ClN3O4S. The summed E-state index contributed by atoms with van der Waals surface area (Å²) in [6.07, 6.45) is 1.95. The quantitative estimate of drug-likeness (QED) is 0.720. The van der Waals surface area contributed by atoms with Gasteiger partial charge in [-0.15, -0.1) is 0 Å². The third-order valence-corrected chi connectivity index (χ3v) is 5.19. The van der Waals surface area contributed by atoms with Crippen LogP contribution in [0.4, 0.5) is 5.69 Å². The van der Waals surface area contributed by atoms with Crippen LogP contribution in [0.3, 0.4) is 0 Å². The van der Waals surface area contributed by atoms with E-state index in [1.165, 1.54) is 12.1 Å². The van der Waals surface area contributed by atoms with Crippen molar-refractivity contribution >= 4 is 39.1 Å². The van der Waals surface area contributed by atoms with Gasteiger partial charge in [-0.2, -0.15) is 0 Å². The molecule has 1 saturated carbocycles. The van der Waals surface area contributed by atoms with Crippen molar-refractivity contribution in [3.8, 4) is 0 Å². The molecule has 2 amide bonds. The van der Waals surface area contributed by atoms with Crippen molar-refractivity contribution in [3.05, 3.63) is 58.6 Å². The summed E-state index contributed by atoms with van der Waals surface area (Å²) < 4.78 is 23.0. The highest BCUT2D eigenvalue weighted by atomic mass is 35.5. The second kappa shape index (κ2) is 7.06. The minimum atomic E-state index is -4.05. The number of nitrogens with two attached hydrogens (primary N) is 1. The molecule has 0 atom stereocenters. The Morgan fingerprint density at radius 3 is 2.38 bits per heavy atom. The monoisotopic (exact) mass is 393 g/mol. The SMILES string of the molecule is NS(=O)(=O)c1cc(C(=O)Nc2cccc(C(=O)NC3CC3)c2)ccc1Cl. The molecule has 0 aromatic heterocycles. The van der Waals surface area contributed by atoms with Gasteiger partial charge >= 0.3 is 0 Å². The molecule has 1 fully saturated rings. The van der Waals surface area contributed by atoms with Gasteiger partial charge < -0.3 is 10.6 Å². The molecule has 4 N–H and O–H groups in total. The van der Waals surface area contributed by atoms with E-state index < -0.39 is 15.9 Å². The molecule has 1 aliphatic carbocycles. The molecule has 136 valence electrons. The Hall–Kier alpha value is -2.42. The highest BCUT2D eigenvalue weighted by molar-refractivity contribution is 7.89. The average molecular weight is 394 g/mol. The molecule has 0 radical (unpaired) electrons. The summed E-state index contributed by atoms with van der Waals surface area (Å²) in [6, 6.07) is 10.5. The molecule has 7 nitrogen and oxygen atoms in total. The normalized spacial score (nSPS) is 13.9. The number of halogens is 1. The summed E-state index contributed by atoms with van der Waals surface area (Å²) in [5.41, 5.74) is 0.910. The Kier molecular flexibility index (Phi) is 4.99. The molecule has 3 rings (SSSR count). The van der Waals surface area contributed by atoms with Crippen LogP contribution in [0, 0.1) is 0 Å². The standard InChI is InChI=1S/C17H16ClN3O4S/c18-14-7-4-11(9-15(14)26(19,24)25)17(23)21-13-3-1-2-10(8-13)16(22)20-12-5-6-12/h1-4,7-9,12H,5-6H2,(H,20,22)(H,21,23)(H2,19,24,25). The molecule has 0 heterocycles. The number of hydrogen-bond donors (Lipinski definition) is 3. The predicted molar refractivity (Wildman–Crippen MR) is 97.7 cm³/mol. The summed E-state index contributed by atoms with van der Waals surface area (Å²) >= 11 is 5.81. The number of primary sulfonamides is 1. The van der Waals surface area contributed by atoms with Crippen LogP contribution in [0.1, 0.15) is 33.6 Å². The van der Waals surface area contributed by atoms with E-state index in [0.29, 0.717) is 11.3 Å². The van der Waals surface area contributed by atoms with Crippen molar-refractivity contribution in [1.82, 2.24) is 5.32 Å². The maximum Gasteiger partial charge on any atom is 0.255 e. The number of carbonyl (C=O) groups is 2. The van der Waals surface area contributed by atoms with Gasteiger partial charge in [-0.3, -0.25) is 9.59 Å². The molecule has 0 saturated heterocycles. The van der Waals surface area contributed by atoms with Gasteiger partial charge in [-0.1, -0.05) is 17.7 Å². The molecule has 2 aromatic rings. The number of amides is 2. The Morgan fingerprint density at radius 1 is 1.04 bits per heavy atom. The van der Waals surface area contributed by atoms with Crippen molar-refractivity contribution in [2.75, 3.05) is 5.32 Å². The Bertz CT molecular complexity index is 987. The zero-order valence-electron chi connectivity index (χ0n) is 13.5. The van der Waals surface area contributed by atoms with E-state index in [1.807, 2.05) is 0 Å². The first kappa shape index (κ1) is 18.4. The molecule has 0 unspecified atom stereocenters. The smallest absolute Gasteiger partial charge is 0.255 e. The minimum absolute atomic E-state index is 0.0669. The zero-order valence-corrected chi connectivity index (χ0v) is 15.1. The van der Waals surface area contributed by atoms with E-state index in [4.69, 9.17) is 16.7 Å². The van der Waals surface area contributed by atoms with Crippen LogP contribution in [0.2, 0.25) is 5.02 Å². The maximum absolute atomic E-state index is 12.4. The van der Waals surface area contributed by atoms with E-state index in [-0.39, 0.29) is 27.4 Å². The number of anilines is 1. The molecule has 0 spiro atoms. The number of benzene rings is 2. The minimum Gasteiger partial charge on any atom is -0.349 e. The highest BCUT2D eigenvalue weighted by Gasteiger charge is 2.24. The fourth-order valence-electron chi connectivity index (χ4n) is 2.30. The van der Waals surface area contributed by atoms with Crippen molar-refractivity contribution in [2.24, 2.45) is 5.14 Å². The average Bonchev–Trinajstić information content (AvgIpc) is 3.38. The molecular weight excluding hydrogens is 378 g/mol. The fourth-order valence-corrected chi connectivity index (χ4v) is 3.37. The summed E-state index contributed by atoms with van der Waals surface area (Å²) in [7, 11) is -4.05. The van der Waals surface area contributed by atoms with E-state index in [2.05, 4.69) is 10.6 Å². The number of nitrogens with one attached hydrogen (secondary N) is 2. The van der Waals surface area contributed by atoms with Crippen LogP contribution in [-0.4, -0.2) is 26.3 Å². The lowest BCUT2D eigenvalue weighted by atomic mass is 10.1. The summed E-state index contributed by atoms with van der Waals surface area (Å²) in [5.74, 6) is -0.752. The second-order valence-corrected chi connectivity index (χ2v) is 7.91. The Morgan fingerprint density at radius 2 is 1.73 bits per heavy atom. The van der Waals surface area contributed by atoms with Crippen LogP contribution in [0.25, 0.3) is 0 Å². The van der Waals surface area contributed by atoms with E-state index in [9.17, 15) is 18.0 Å². The maximum atomic E-state index is 12.4. The van der Waals surface area contributed by atoms with Gasteiger partial charge in [0.05, 0.1) is 5.02 Å². The summed E-state index contributed by atoms with van der Waals surface area (Å²) in [6.45, 7) is 0. The number of hydrogen-bond acceptors (Lipinski definition) is 4. The molecule has 0 bridgehead atoms. The lowest BCUT2D eigenvalue weighted by molar-refractivity contribution is 0.0949. The van der Waals surface area contributed by atoms with Crippen molar-refractivity contribution < 1.29 is 18.0 Å². The summed E-state index contributed by atoms with van der Waals surface area (Å²) in [5, 5.41) is 10.5. The lowest BCUT2D eigenvalue weighted by Gasteiger charge is -2.09. The van der Waals surface area contributed by atoms with Gasteiger partial charge in [0.15, 0.2) is 0 Å². The van der Waals surface area contributed by atoms with E-state index in [0.717, 1.165) is 18.9 Å². The third-order valence-electron chi connectivity index (χ3n) is 3.80. The fraction of sp³-hybridized carbons (Fsp3) is 0.176. The number of sulfonamides is 1. The first-order valence-corrected chi connectivity index (χ1v) is 9.71. The second-order valence-electron chi connectivity index (χ2n) is 5.97. The Balaban J connectivity index is 1.79. The molecule has 0 aliphatic heterocycles. The predicted octanol–water partition coefficient (Wildman–Crippen LogP) is 2.13. The van der Waals surface area contributed by atoms with Crippen molar-refractivity contribution in [1.29, 1.82) is 0 Å². The third kappa shape index (κ3) is 4.40. The van der Waals surface area contributed by atoms with Gasteiger partial charge in [-0.25, -0.2) is 13.6 Å². The number of carbonyl (C=O) groups excluding carboxylic acids is 2. The van der Waals surface area contributed by atoms with Crippen molar-refractivity contribution in [3.63, 3.8) is 0 Å². The number of rotatable bonds is 5. The molecule has 1 aliphatic rings. The first-order chi connectivity index (χ1) is 12.2.